The van der Waals surface area contributed by atoms with Crippen molar-refractivity contribution in [2.24, 2.45) is 0 Å². The van der Waals surface area contributed by atoms with Crippen LogP contribution in [0.2, 0.25) is 0 Å². The van der Waals surface area contributed by atoms with Crippen molar-refractivity contribution in [3.8, 4) is 11.5 Å². The van der Waals surface area contributed by atoms with Gasteiger partial charge in [-0.25, -0.2) is 0 Å². The van der Waals surface area contributed by atoms with Crippen LogP contribution in [0.3, 0.4) is 0 Å². The number of aryl methyl sites for hydroxylation is 1. The second-order valence-electron chi connectivity index (χ2n) is 4.19. The van der Waals surface area contributed by atoms with Crippen LogP contribution in [-0.4, -0.2) is 4.92 Å². The number of nitrogens with zero attached hydrogens (tertiary/aromatic N) is 1. The van der Waals surface area contributed by atoms with Crippen LogP contribution in [0.25, 0.3) is 0 Å². The van der Waals surface area contributed by atoms with Crippen LogP contribution in [-0.2, 0) is 5.33 Å². The molecule has 6 heteroatoms. The summed E-state index contributed by atoms with van der Waals surface area (Å²) in [5.74, 6) is 1.10. The molecule has 2 rings (SSSR count). The Morgan fingerprint density at radius 2 is 2.00 bits per heavy atom. The van der Waals surface area contributed by atoms with Gasteiger partial charge in [-0.05, 0) is 35.0 Å². The molecular formula is C14H11Br2NO3. The Kier molecular flexibility index (Phi) is 4.77. The van der Waals surface area contributed by atoms with Crippen LogP contribution >= 0.6 is 31.9 Å². The Hall–Kier alpha value is -1.40. The number of rotatable bonds is 4. The van der Waals surface area contributed by atoms with Gasteiger partial charge in [0.25, 0.3) is 5.69 Å². The van der Waals surface area contributed by atoms with E-state index >= 15 is 0 Å². The summed E-state index contributed by atoms with van der Waals surface area (Å²) in [6, 6.07) is 10.5. The lowest BCUT2D eigenvalue weighted by atomic mass is 10.1. The van der Waals surface area contributed by atoms with E-state index in [-0.39, 0.29) is 5.69 Å². The Morgan fingerprint density at radius 1 is 1.25 bits per heavy atom. The van der Waals surface area contributed by atoms with Crippen molar-refractivity contribution < 1.29 is 9.66 Å². The van der Waals surface area contributed by atoms with Gasteiger partial charge >= 0.3 is 0 Å². The number of hydrogen-bond donors (Lipinski definition) is 0. The van der Waals surface area contributed by atoms with E-state index < -0.39 is 4.92 Å². The Labute approximate surface area is 133 Å². The van der Waals surface area contributed by atoms with Gasteiger partial charge in [0.15, 0.2) is 0 Å². The lowest BCUT2D eigenvalue weighted by Gasteiger charge is -2.11. The highest BCUT2D eigenvalue weighted by molar-refractivity contribution is 9.10. The standard InChI is InChI=1S/C14H11Br2NO3/c1-9-5-6-12(10(7-9)8-15)20-13-4-2-3-11(14(13)16)17(18)19/h2-7H,8H2,1H3. The normalized spacial score (nSPS) is 10.3. The summed E-state index contributed by atoms with van der Waals surface area (Å²) in [7, 11) is 0. The molecule has 4 nitrogen and oxygen atoms in total. The maximum Gasteiger partial charge on any atom is 0.287 e. The van der Waals surface area contributed by atoms with Crippen LogP contribution in [0.5, 0.6) is 11.5 Å². The molecule has 0 bridgehead atoms. The Balaban J connectivity index is 2.40. The van der Waals surface area contributed by atoms with Gasteiger partial charge in [-0.2, -0.15) is 0 Å². The number of nitro benzene ring substituents is 1. The number of benzene rings is 2. The molecule has 0 amide bonds. The predicted octanol–water partition coefficient (Wildman–Crippen LogP) is 5.35. The summed E-state index contributed by atoms with van der Waals surface area (Å²) in [4.78, 5) is 10.5. The zero-order chi connectivity index (χ0) is 14.7. The van der Waals surface area contributed by atoms with Gasteiger partial charge in [-0.3, -0.25) is 10.1 Å². The molecule has 20 heavy (non-hydrogen) atoms. The van der Waals surface area contributed by atoms with Crippen LogP contribution in [0.15, 0.2) is 40.9 Å². The molecule has 0 aromatic heterocycles. The van der Waals surface area contributed by atoms with Crippen molar-refractivity contribution >= 4 is 37.5 Å². The third-order valence-corrected chi connectivity index (χ3v) is 4.12. The molecule has 0 heterocycles. The van der Waals surface area contributed by atoms with Gasteiger partial charge in [0.2, 0.25) is 0 Å². The first-order valence-corrected chi connectivity index (χ1v) is 7.70. The minimum absolute atomic E-state index is 0.0185. The van der Waals surface area contributed by atoms with Crippen molar-refractivity contribution in [1.82, 2.24) is 0 Å². The molecule has 0 unspecified atom stereocenters. The largest absolute Gasteiger partial charge is 0.456 e. The van der Waals surface area contributed by atoms with E-state index in [0.29, 0.717) is 21.3 Å². The molecule has 0 radical (unpaired) electrons. The highest BCUT2D eigenvalue weighted by Gasteiger charge is 2.17. The van der Waals surface area contributed by atoms with Crippen LogP contribution in [0.1, 0.15) is 11.1 Å². The van der Waals surface area contributed by atoms with Crippen molar-refractivity contribution in [3.63, 3.8) is 0 Å². The zero-order valence-corrected chi connectivity index (χ0v) is 13.8. The highest BCUT2D eigenvalue weighted by Crippen LogP contribution is 2.37. The summed E-state index contributed by atoms with van der Waals surface area (Å²) in [6.45, 7) is 2.00. The molecule has 0 atom stereocenters. The first-order chi connectivity index (χ1) is 9.52. The third-order valence-electron chi connectivity index (χ3n) is 2.72. The summed E-state index contributed by atoms with van der Waals surface area (Å²) < 4.78 is 6.13. The fourth-order valence-corrected chi connectivity index (χ4v) is 2.68. The first kappa shape index (κ1) is 15.0. The second kappa shape index (κ2) is 6.37. The fraction of sp³-hybridized carbons (Fsp3) is 0.143. The monoisotopic (exact) mass is 399 g/mol. The van der Waals surface area contributed by atoms with Gasteiger partial charge in [-0.15, -0.1) is 0 Å². The molecule has 0 saturated heterocycles. The molecule has 0 aliphatic carbocycles. The second-order valence-corrected chi connectivity index (χ2v) is 5.55. The van der Waals surface area contributed by atoms with Gasteiger partial charge < -0.3 is 4.74 Å². The van der Waals surface area contributed by atoms with E-state index in [1.165, 1.54) is 6.07 Å². The lowest BCUT2D eigenvalue weighted by molar-refractivity contribution is -0.385. The minimum atomic E-state index is -0.447. The number of halogens is 2. The smallest absolute Gasteiger partial charge is 0.287 e. The van der Waals surface area contributed by atoms with E-state index in [2.05, 4.69) is 31.9 Å². The van der Waals surface area contributed by atoms with Crippen molar-refractivity contribution in [3.05, 3.63) is 62.1 Å². The first-order valence-electron chi connectivity index (χ1n) is 5.79. The van der Waals surface area contributed by atoms with Gasteiger partial charge in [-0.1, -0.05) is 39.7 Å². The van der Waals surface area contributed by atoms with E-state index in [1.807, 2.05) is 25.1 Å². The molecule has 2 aromatic carbocycles. The van der Waals surface area contributed by atoms with Crippen LogP contribution < -0.4 is 4.74 Å². The molecular weight excluding hydrogens is 390 g/mol. The maximum atomic E-state index is 10.9. The predicted molar refractivity (Wildman–Crippen MR) is 84.7 cm³/mol. The van der Waals surface area contributed by atoms with Crippen molar-refractivity contribution in [2.45, 2.75) is 12.3 Å². The zero-order valence-electron chi connectivity index (χ0n) is 10.6. The summed E-state index contributed by atoms with van der Waals surface area (Å²) in [6.07, 6.45) is 0. The van der Waals surface area contributed by atoms with Gasteiger partial charge in [0, 0.05) is 17.0 Å². The number of ether oxygens (including phenoxy) is 1. The van der Waals surface area contributed by atoms with Crippen molar-refractivity contribution in [1.29, 1.82) is 0 Å². The molecule has 0 spiro atoms. The Bertz CT molecular complexity index is 659. The summed E-state index contributed by atoms with van der Waals surface area (Å²) >= 11 is 6.63. The number of nitro groups is 1. The molecule has 104 valence electrons. The van der Waals surface area contributed by atoms with E-state index in [9.17, 15) is 10.1 Å². The Morgan fingerprint density at radius 3 is 2.65 bits per heavy atom. The topological polar surface area (TPSA) is 52.4 Å². The van der Waals surface area contributed by atoms with E-state index in [1.54, 1.807) is 12.1 Å². The average molecular weight is 401 g/mol. The quantitative estimate of drug-likeness (QED) is 0.394. The fourth-order valence-electron chi connectivity index (χ4n) is 1.75. The average Bonchev–Trinajstić information content (AvgIpc) is 2.42. The number of alkyl halides is 1. The molecule has 0 aliphatic rings. The molecule has 0 saturated carbocycles. The van der Waals surface area contributed by atoms with Crippen molar-refractivity contribution in [2.75, 3.05) is 0 Å². The van der Waals surface area contributed by atoms with Crippen LogP contribution in [0, 0.1) is 17.0 Å². The van der Waals surface area contributed by atoms with Gasteiger partial charge in [0.05, 0.1) is 4.92 Å². The lowest BCUT2D eigenvalue weighted by Crippen LogP contribution is -1.94. The minimum Gasteiger partial charge on any atom is -0.456 e. The molecule has 0 N–H and O–H groups in total. The SMILES string of the molecule is Cc1ccc(Oc2cccc([N+](=O)[O-])c2Br)c(CBr)c1. The van der Waals surface area contributed by atoms with Crippen LogP contribution in [0.4, 0.5) is 5.69 Å². The van der Waals surface area contributed by atoms with E-state index in [4.69, 9.17) is 4.74 Å². The molecule has 0 aliphatic heterocycles. The number of hydrogen-bond acceptors (Lipinski definition) is 3. The van der Waals surface area contributed by atoms with E-state index in [0.717, 1.165) is 11.1 Å². The third kappa shape index (κ3) is 3.19. The summed E-state index contributed by atoms with van der Waals surface area (Å²) in [5.41, 5.74) is 2.10. The van der Waals surface area contributed by atoms with Gasteiger partial charge in [0.1, 0.15) is 16.0 Å². The highest BCUT2D eigenvalue weighted by atomic mass is 79.9. The molecule has 2 aromatic rings. The molecule has 0 fully saturated rings. The summed E-state index contributed by atoms with van der Waals surface area (Å²) in [5, 5.41) is 11.6. The maximum absolute atomic E-state index is 10.9.